The Kier molecular flexibility index (Phi) is 7.06. The van der Waals surface area contributed by atoms with Crippen LogP contribution < -0.4 is 9.62 Å². The predicted octanol–water partition coefficient (Wildman–Crippen LogP) is 3.31. The molecule has 2 N–H and O–H groups in total. The van der Waals surface area contributed by atoms with Crippen molar-refractivity contribution in [2.24, 2.45) is 7.05 Å². The van der Waals surface area contributed by atoms with Crippen molar-refractivity contribution in [3.63, 3.8) is 0 Å². The molecular weight excluding hydrogens is 442 g/mol. The number of carboxylic acid groups (broad SMARTS) is 1. The van der Waals surface area contributed by atoms with E-state index in [9.17, 15) is 18.3 Å². The molecule has 2 heterocycles. The van der Waals surface area contributed by atoms with E-state index in [0.717, 1.165) is 24.2 Å². The lowest BCUT2D eigenvalue weighted by Gasteiger charge is -2.21. The number of aromatic nitrogens is 3. The van der Waals surface area contributed by atoms with Crippen LogP contribution in [0.3, 0.4) is 0 Å². The molecule has 10 heteroatoms. The first-order chi connectivity index (χ1) is 15.5. The van der Waals surface area contributed by atoms with Crippen LogP contribution in [0.5, 0.6) is 0 Å². The highest BCUT2D eigenvalue weighted by Crippen LogP contribution is 2.24. The fourth-order valence-electron chi connectivity index (χ4n) is 3.82. The Labute approximate surface area is 194 Å². The minimum atomic E-state index is -3.88. The highest BCUT2D eigenvalue weighted by Gasteiger charge is 2.21. The van der Waals surface area contributed by atoms with Crippen LogP contribution in [0.15, 0.2) is 41.4 Å². The van der Waals surface area contributed by atoms with Gasteiger partial charge in [0, 0.05) is 26.3 Å². The monoisotopic (exact) mass is 471 g/mol. The van der Waals surface area contributed by atoms with Gasteiger partial charge in [0.2, 0.25) is 0 Å². The molecule has 0 spiro atoms. The number of anilines is 2. The lowest BCUT2D eigenvalue weighted by Crippen LogP contribution is -2.23. The van der Waals surface area contributed by atoms with Gasteiger partial charge in [0.1, 0.15) is 11.4 Å². The van der Waals surface area contributed by atoms with Gasteiger partial charge in [-0.3, -0.25) is 9.40 Å². The molecule has 0 aliphatic carbocycles. The number of hydrogen-bond donors (Lipinski definition) is 2. The molecule has 1 aromatic carbocycles. The van der Waals surface area contributed by atoms with Crippen molar-refractivity contribution in [2.45, 2.75) is 38.5 Å². The third kappa shape index (κ3) is 5.33. The Morgan fingerprint density at radius 1 is 1.21 bits per heavy atom. The van der Waals surface area contributed by atoms with E-state index in [0.29, 0.717) is 12.1 Å². The molecule has 176 valence electrons. The van der Waals surface area contributed by atoms with Crippen molar-refractivity contribution in [1.82, 2.24) is 14.8 Å². The summed E-state index contributed by atoms with van der Waals surface area (Å²) >= 11 is 0. The van der Waals surface area contributed by atoms with E-state index in [-0.39, 0.29) is 22.0 Å². The minimum absolute atomic E-state index is 0.0729. The molecule has 0 aliphatic rings. The second kappa shape index (κ2) is 9.62. The summed E-state index contributed by atoms with van der Waals surface area (Å²) in [4.78, 5) is 18.1. The maximum absolute atomic E-state index is 12.8. The molecule has 0 radical (unpaired) electrons. The van der Waals surface area contributed by atoms with E-state index in [2.05, 4.69) is 14.8 Å². The zero-order valence-electron chi connectivity index (χ0n) is 19.5. The van der Waals surface area contributed by atoms with Gasteiger partial charge in [-0.15, -0.1) is 0 Å². The van der Waals surface area contributed by atoms with Crippen molar-refractivity contribution < 1.29 is 18.3 Å². The maximum Gasteiger partial charge on any atom is 0.339 e. The largest absolute Gasteiger partial charge is 0.478 e. The number of pyridine rings is 1. The normalized spacial score (nSPS) is 11.4. The number of rotatable bonds is 9. The molecule has 0 fully saturated rings. The summed E-state index contributed by atoms with van der Waals surface area (Å²) in [5.74, 6) is -0.902. The summed E-state index contributed by atoms with van der Waals surface area (Å²) in [7, 11) is -0.190. The summed E-state index contributed by atoms with van der Waals surface area (Å²) in [5.41, 5.74) is 3.91. The summed E-state index contributed by atoms with van der Waals surface area (Å²) in [5, 5.41) is 14.1. The molecule has 0 saturated carbocycles. The number of carboxylic acids is 1. The molecule has 0 aliphatic heterocycles. The molecule has 33 heavy (non-hydrogen) atoms. The van der Waals surface area contributed by atoms with Crippen LogP contribution in [0.4, 0.5) is 11.5 Å². The fourth-order valence-corrected chi connectivity index (χ4v) is 5.10. The fraction of sp³-hybridized carbons (Fsp3) is 0.348. The zero-order valence-corrected chi connectivity index (χ0v) is 20.3. The molecule has 0 amide bonds. The minimum Gasteiger partial charge on any atom is -0.478 e. The zero-order chi connectivity index (χ0) is 24.3. The van der Waals surface area contributed by atoms with Gasteiger partial charge >= 0.3 is 5.97 Å². The van der Waals surface area contributed by atoms with Crippen LogP contribution in [0.25, 0.3) is 0 Å². The van der Waals surface area contributed by atoms with Crippen LogP contribution >= 0.6 is 0 Å². The van der Waals surface area contributed by atoms with E-state index in [1.54, 1.807) is 37.1 Å². The van der Waals surface area contributed by atoms with Crippen LogP contribution in [0.1, 0.15) is 39.3 Å². The first kappa shape index (κ1) is 24.2. The van der Waals surface area contributed by atoms with Crippen molar-refractivity contribution in [3.05, 3.63) is 64.6 Å². The van der Waals surface area contributed by atoms with Gasteiger partial charge in [0.15, 0.2) is 0 Å². The molecule has 0 bridgehead atoms. The second-order valence-corrected chi connectivity index (χ2v) is 9.72. The maximum atomic E-state index is 12.8. The average molecular weight is 472 g/mol. The van der Waals surface area contributed by atoms with Gasteiger partial charge in [-0.1, -0.05) is 18.2 Å². The van der Waals surface area contributed by atoms with Gasteiger partial charge in [-0.05, 0) is 56.9 Å². The van der Waals surface area contributed by atoms with Gasteiger partial charge in [0.05, 0.1) is 22.5 Å². The van der Waals surface area contributed by atoms with E-state index in [4.69, 9.17) is 0 Å². The SMILES string of the molecule is Cc1ccccc1S(=O)(=O)Nc1cnc(N(C)CCCc2c(C)nn(C)c2C)c(C(=O)O)c1. The summed E-state index contributed by atoms with van der Waals surface area (Å²) in [6.45, 7) is 6.28. The third-order valence-corrected chi connectivity index (χ3v) is 7.21. The van der Waals surface area contributed by atoms with E-state index in [1.807, 2.05) is 25.6 Å². The van der Waals surface area contributed by atoms with Crippen molar-refractivity contribution in [2.75, 3.05) is 23.2 Å². The quantitative estimate of drug-likeness (QED) is 0.492. The Bertz CT molecular complexity index is 1280. The van der Waals surface area contributed by atoms with Crippen LogP contribution in [0, 0.1) is 20.8 Å². The van der Waals surface area contributed by atoms with E-state index >= 15 is 0 Å². The number of nitrogens with one attached hydrogen (secondary N) is 1. The number of sulfonamides is 1. The average Bonchev–Trinajstić information content (AvgIpc) is 2.99. The molecule has 9 nitrogen and oxygen atoms in total. The Morgan fingerprint density at radius 2 is 1.91 bits per heavy atom. The van der Waals surface area contributed by atoms with Crippen LogP contribution in [-0.4, -0.2) is 47.9 Å². The Balaban J connectivity index is 1.77. The predicted molar refractivity (Wildman–Crippen MR) is 127 cm³/mol. The number of hydrogen-bond acceptors (Lipinski definition) is 6. The summed E-state index contributed by atoms with van der Waals surface area (Å²) < 4.78 is 29.8. The summed E-state index contributed by atoms with van der Waals surface area (Å²) in [6.07, 6.45) is 2.93. The number of aromatic carboxylic acids is 1. The molecule has 0 unspecified atom stereocenters. The molecule has 0 atom stereocenters. The number of carbonyl (C=O) groups is 1. The van der Waals surface area contributed by atoms with Crippen molar-refractivity contribution in [1.29, 1.82) is 0 Å². The topological polar surface area (TPSA) is 117 Å². The Morgan fingerprint density at radius 3 is 2.52 bits per heavy atom. The van der Waals surface area contributed by atoms with Gasteiger partial charge < -0.3 is 10.0 Å². The Hall–Kier alpha value is -3.40. The molecule has 2 aromatic heterocycles. The van der Waals surface area contributed by atoms with Crippen LogP contribution in [-0.2, 0) is 23.5 Å². The second-order valence-electron chi connectivity index (χ2n) is 8.07. The van der Waals surface area contributed by atoms with Crippen LogP contribution in [0.2, 0.25) is 0 Å². The standard InChI is InChI=1S/C23H29N5O4S/c1-15-9-6-7-11-21(15)33(31,32)26-18-13-20(23(29)30)22(24-14-18)27(4)12-8-10-19-16(2)25-28(5)17(19)3/h6-7,9,11,13-14,26H,8,10,12H2,1-5H3,(H,29,30). The summed E-state index contributed by atoms with van der Waals surface area (Å²) in [6, 6.07) is 7.88. The lowest BCUT2D eigenvalue weighted by molar-refractivity contribution is 0.0697. The number of aryl methyl sites for hydroxylation is 3. The smallest absolute Gasteiger partial charge is 0.339 e. The molecule has 0 saturated heterocycles. The van der Waals surface area contributed by atoms with Crippen molar-refractivity contribution in [3.8, 4) is 0 Å². The van der Waals surface area contributed by atoms with Gasteiger partial charge in [0.25, 0.3) is 10.0 Å². The lowest BCUT2D eigenvalue weighted by atomic mass is 10.1. The van der Waals surface area contributed by atoms with Gasteiger partial charge in [-0.2, -0.15) is 5.10 Å². The number of nitrogens with zero attached hydrogens (tertiary/aromatic N) is 4. The molecular formula is C23H29N5O4S. The first-order valence-corrected chi connectivity index (χ1v) is 12.0. The highest BCUT2D eigenvalue weighted by atomic mass is 32.2. The highest BCUT2D eigenvalue weighted by molar-refractivity contribution is 7.92. The van der Waals surface area contributed by atoms with Crippen molar-refractivity contribution >= 4 is 27.5 Å². The van der Waals surface area contributed by atoms with Gasteiger partial charge in [-0.25, -0.2) is 18.2 Å². The van der Waals surface area contributed by atoms with E-state index in [1.165, 1.54) is 23.9 Å². The third-order valence-electron chi connectivity index (χ3n) is 5.67. The van der Waals surface area contributed by atoms with E-state index < -0.39 is 16.0 Å². The molecule has 3 rings (SSSR count). The molecule has 3 aromatic rings. The first-order valence-electron chi connectivity index (χ1n) is 10.5. The number of benzene rings is 1.